The molecule has 0 fully saturated rings. The lowest BCUT2D eigenvalue weighted by molar-refractivity contribution is 0.0943. The van der Waals surface area contributed by atoms with Crippen molar-refractivity contribution in [2.75, 3.05) is 14.1 Å². The summed E-state index contributed by atoms with van der Waals surface area (Å²) in [5.74, 6) is -0.280. The molecule has 0 radical (unpaired) electrons. The Morgan fingerprint density at radius 1 is 1.12 bits per heavy atom. The summed E-state index contributed by atoms with van der Waals surface area (Å²) in [6, 6.07) is 11.0. The van der Waals surface area contributed by atoms with E-state index in [1.807, 2.05) is 33.2 Å². The normalized spacial score (nSPS) is 10.8. The highest BCUT2D eigenvalue weighted by Gasteiger charge is 2.09. The fourth-order valence-corrected chi connectivity index (χ4v) is 2.34. The average Bonchev–Trinajstić information content (AvgIpc) is 2.55. The van der Waals surface area contributed by atoms with Crippen LogP contribution < -0.4 is 10.9 Å². The van der Waals surface area contributed by atoms with Gasteiger partial charge < -0.3 is 10.2 Å². The van der Waals surface area contributed by atoms with Crippen molar-refractivity contribution < 1.29 is 4.79 Å². The number of amides is 1. The third kappa shape index (κ3) is 5.03. The molecular formula is C18H24N4O2. The highest BCUT2D eigenvalue weighted by Crippen LogP contribution is 2.06. The van der Waals surface area contributed by atoms with Gasteiger partial charge in [-0.3, -0.25) is 9.59 Å². The summed E-state index contributed by atoms with van der Waals surface area (Å²) >= 11 is 0. The maximum absolute atomic E-state index is 12.2. The van der Waals surface area contributed by atoms with Crippen LogP contribution in [-0.2, 0) is 19.6 Å². The van der Waals surface area contributed by atoms with Crippen molar-refractivity contribution in [1.82, 2.24) is 20.0 Å². The van der Waals surface area contributed by atoms with Gasteiger partial charge in [-0.2, -0.15) is 5.10 Å². The van der Waals surface area contributed by atoms with Gasteiger partial charge in [0.05, 0.1) is 0 Å². The van der Waals surface area contributed by atoms with Crippen LogP contribution in [0.15, 0.2) is 41.2 Å². The number of aromatic nitrogens is 2. The van der Waals surface area contributed by atoms with Crippen LogP contribution in [0.2, 0.25) is 0 Å². The van der Waals surface area contributed by atoms with Gasteiger partial charge in [-0.05, 0) is 37.7 Å². The highest BCUT2D eigenvalue weighted by atomic mass is 16.2. The third-order valence-corrected chi connectivity index (χ3v) is 3.51. The fourth-order valence-electron chi connectivity index (χ4n) is 2.34. The zero-order valence-electron chi connectivity index (χ0n) is 14.5. The Morgan fingerprint density at radius 3 is 2.42 bits per heavy atom. The first-order valence-corrected chi connectivity index (χ1v) is 8.08. The third-order valence-electron chi connectivity index (χ3n) is 3.51. The summed E-state index contributed by atoms with van der Waals surface area (Å²) in [7, 11) is 4.05. The van der Waals surface area contributed by atoms with Gasteiger partial charge in [-0.25, -0.2) is 4.68 Å². The van der Waals surface area contributed by atoms with Crippen molar-refractivity contribution >= 4 is 5.91 Å². The van der Waals surface area contributed by atoms with E-state index >= 15 is 0 Å². The van der Waals surface area contributed by atoms with Crippen molar-refractivity contribution in [3.63, 3.8) is 0 Å². The van der Waals surface area contributed by atoms with Crippen LogP contribution in [0.5, 0.6) is 0 Å². The van der Waals surface area contributed by atoms with E-state index in [-0.39, 0.29) is 17.2 Å². The second-order valence-corrected chi connectivity index (χ2v) is 6.02. The molecule has 1 amide bonds. The standard InChI is InChI=1S/C18H24N4O2/c1-4-11-22-17(23)10-9-16(20-22)18(24)19-12-14-5-7-15(8-6-14)13-21(2)3/h5-10H,4,11-13H2,1-3H3,(H,19,24). The molecule has 1 aromatic carbocycles. The van der Waals surface area contributed by atoms with Gasteiger partial charge in [-0.15, -0.1) is 0 Å². The zero-order chi connectivity index (χ0) is 17.5. The SMILES string of the molecule is CCCn1nc(C(=O)NCc2ccc(CN(C)C)cc2)ccc1=O. The molecule has 0 aliphatic heterocycles. The fraction of sp³-hybridized carbons (Fsp3) is 0.389. The molecule has 128 valence electrons. The molecule has 0 spiro atoms. The molecule has 0 aliphatic carbocycles. The second-order valence-electron chi connectivity index (χ2n) is 6.02. The van der Waals surface area contributed by atoms with Crippen LogP contribution in [-0.4, -0.2) is 34.7 Å². The van der Waals surface area contributed by atoms with Crippen LogP contribution in [0.3, 0.4) is 0 Å². The number of rotatable bonds is 7. The van der Waals surface area contributed by atoms with Gasteiger partial charge in [-0.1, -0.05) is 31.2 Å². The Hall–Kier alpha value is -2.47. The van der Waals surface area contributed by atoms with E-state index < -0.39 is 0 Å². The minimum atomic E-state index is -0.280. The summed E-state index contributed by atoms with van der Waals surface area (Å²) in [6.45, 7) is 3.78. The Bertz CT molecular complexity index is 735. The first kappa shape index (κ1) is 17.9. The van der Waals surface area contributed by atoms with Gasteiger partial charge >= 0.3 is 0 Å². The molecule has 24 heavy (non-hydrogen) atoms. The van der Waals surface area contributed by atoms with Gasteiger partial charge in [0.1, 0.15) is 5.69 Å². The predicted molar refractivity (Wildman–Crippen MR) is 93.8 cm³/mol. The molecule has 1 N–H and O–H groups in total. The molecule has 0 aliphatic rings. The van der Waals surface area contributed by atoms with E-state index in [4.69, 9.17) is 0 Å². The number of aryl methyl sites for hydroxylation is 1. The maximum atomic E-state index is 12.2. The summed E-state index contributed by atoms with van der Waals surface area (Å²) in [6.07, 6.45) is 0.789. The van der Waals surface area contributed by atoms with E-state index in [2.05, 4.69) is 27.4 Å². The summed E-state index contributed by atoms with van der Waals surface area (Å²) < 4.78 is 1.32. The highest BCUT2D eigenvalue weighted by molar-refractivity contribution is 5.91. The molecule has 2 aromatic rings. The van der Waals surface area contributed by atoms with Crippen molar-refractivity contribution in [2.45, 2.75) is 33.0 Å². The van der Waals surface area contributed by atoms with Gasteiger partial charge in [0.2, 0.25) is 0 Å². The largest absolute Gasteiger partial charge is 0.347 e. The van der Waals surface area contributed by atoms with Crippen molar-refractivity contribution in [3.8, 4) is 0 Å². The smallest absolute Gasteiger partial charge is 0.271 e. The molecule has 0 unspecified atom stereocenters. The number of hydrogen-bond donors (Lipinski definition) is 1. The number of nitrogens with zero attached hydrogens (tertiary/aromatic N) is 3. The molecule has 0 saturated carbocycles. The quantitative estimate of drug-likeness (QED) is 0.839. The van der Waals surface area contributed by atoms with Crippen LogP contribution in [0.4, 0.5) is 0 Å². The molecule has 1 aromatic heterocycles. The van der Waals surface area contributed by atoms with Gasteiger partial charge in [0.25, 0.3) is 11.5 Å². The molecule has 0 atom stereocenters. The second kappa shape index (κ2) is 8.40. The Morgan fingerprint density at radius 2 is 1.79 bits per heavy atom. The van der Waals surface area contributed by atoms with Gasteiger partial charge in [0.15, 0.2) is 0 Å². The van der Waals surface area contributed by atoms with Crippen LogP contribution in [0.1, 0.15) is 35.0 Å². The summed E-state index contributed by atoms with van der Waals surface area (Å²) in [5.41, 5.74) is 2.31. The lowest BCUT2D eigenvalue weighted by Gasteiger charge is -2.10. The average molecular weight is 328 g/mol. The minimum absolute atomic E-state index is 0.190. The number of hydrogen-bond acceptors (Lipinski definition) is 4. The topological polar surface area (TPSA) is 67.2 Å². The molecule has 1 heterocycles. The number of carbonyl (C=O) groups is 1. The van der Waals surface area contributed by atoms with Crippen LogP contribution >= 0.6 is 0 Å². The lowest BCUT2D eigenvalue weighted by Crippen LogP contribution is -2.29. The number of nitrogens with one attached hydrogen (secondary N) is 1. The van der Waals surface area contributed by atoms with E-state index in [1.165, 1.54) is 22.4 Å². The number of benzene rings is 1. The van der Waals surface area contributed by atoms with E-state index in [0.29, 0.717) is 13.1 Å². The molecule has 6 heteroatoms. The van der Waals surface area contributed by atoms with Gasteiger partial charge in [0, 0.05) is 25.7 Å². The summed E-state index contributed by atoms with van der Waals surface area (Å²) in [5, 5.41) is 6.94. The molecule has 2 rings (SSSR count). The molecule has 0 saturated heterocycles. The maximum Gasteiger partial charge on any atom is 0.271 e. The summed E-state index contributed by atoms with van der Waals surface area (Å²) in [4.78, 5) is 25.9. The number of carbonyl (C=O) groups excluding carboxylic acids is 1. The predicted octanol–water partition coefficient (Wildman–Crippen LogP) is 1.64. The molecule has 0 bridgehead atoms. The lowest BCUT2D eigenvalue weighted by atomic mass is 10.1. The Kier molecular flexibility index (Phi) is 6.26. The van der Waals surface area contributed by atoms with Crippen LogP contribution in [0, 0.1) is 0 Å². The van der Waals surface area contributed by atoms with E-state index in [9.17, 15) is 9.59 Å². The van der Waals surface area contributed by atoms with E-state index in [0.717, 1.165) is 18.5 Å². The van der Waals surface area contributed by atoms with Crippen molar-refractivity contribution in [3.05, 3.63) is 63.6 Å². The molecule has 6 nitrogen and oxygen atoms in total. The Labute approximate surface area is 142 Å². The van der Waals surface area contributed by atoms with Crippen LogP contribution in [0.25, 0.3) is 0 Å². The monoisotopic (exact) mass is 328 g/mol. The minimum Gasteiger partial charge on any atom is -0.347 e. The Balaban J connectivity index is 1.97. The first-order chi connectivity index (χ1) is 11.5. The zero-order valence-corrected chi connectivity index (χ0v) is 14.5. The van der Waals surface area contributed by atoms with E-state index in [1.54, 1.807) is 0 Å². The first-order valence-electron chi connectivity index (χ1n) is 8.08. The van der Waals surface area contributed by atoms with Crippen molar-refractivity contribution in [2.24, 2.45) is 0 Å². The molecular weight excluding hydrogens is 304 g/mol. The van der Waals surface area contributed by atoms with Crippen molar-refractivity contribution in [1.29, 1.82) is 0 Å².